The Kier molecular flexibility index (Phi) is 4.22. The largest absolute Gasteiger partial charge is 0.485 e. The van der Waals surface area contributed by atoms with Crippen LogP contribution in [-0.2, 0) is 6.61 Å². The van der Waals surface area contributed by atoms with Gasteiger partial charge in [-0.25, -0.2) is 0 Å². The molecule has 0 bridgehead atoms. The molecule has 1 aromatic heterocycles. The summed E-state index contributed by atoms with van der Waals surface area (Å²) < 4.78 is 7.45. The third-order valence-electron chi connectivity index (χ3n) is 2.68. The molecule has 0 saturated carbocycles. The summed E-state index contributed by atoms with van der Waals surface area (Å²) >= 11 is 6.02. The van der Waals surface area contributed by atoms with Crippen molar-refractivity contribution in [3.05, 3.63) is 46.7 Å². The molecule has 0 unspecified atom stereocenters. The van der Waals surface area contributed by atoms with E-state index in [9.17, 15) is 4.79 Å². The second-order valence-electron chi connectivity index (χ2n) is 4.45. The number of hydrogen-bond acceptors (Lipinski definition) is 3. The Balaban J connectivity index is 2.12. The van der Waals surface area contributed by atoms with Gasteiger partial charge in [-0.05, 0) is 32.0 Å². The van der Waals surface area contributed by atoms with Gasteiger partial charge in [-0.3, -0.25) is 9.48 Å². The number of ether oxygens (including phenoxy) is 1. The number of halogens is 1. The van der Waals surface area contributed by atoms with Gasteiger partial charge in [0.05, 0.1) is 16.3 Å². The lowest BCUT2D eigenvalue weighted by Crippen LogP contribution is -2.04. The van der Waals surface area contributed by atoms with Crippen LogP contribution in [0.25, 0.3) is 0 Å². The summed E-state index contributed by atoms with van der Waals surface area (Å²) in [5.41, 5.74) is 1.24. The lowest BCUT2D eigenvalue weighted by Gasteiger charge is -2.09. The third-order valence-corrected chi connectivity index (χ3v) is 2.98. The molecule has 0 atom stereocenters. The molecular formula is C14H15ClN2O2. The molecule has 0 amide bonds. The molecule has 19 heavy (non-hydrogen) atoms. The highest BCUT2D eigenvalue weighted by molar-refractivity contribution is 6.32. The monoisotopic (exact) mass is 278 g/mol. The molecule has 0 radical (unpaired) electrons. The first-order chi connectivity index (χ1) is 9.11. The molecule has 0 aliphatic carbocycles. The van der Waals surface area contributed by atoms with Gasteiger partial charge >= 0.3 is 0 Å². The minimum absolute atomic E-state index is 0.282. The average Bonchev–Trinajstić information content (AvgIpc) is 2.86. The smallest absolute Gasteiger partial charge is 0.153 e. The number of para-hydroxylation sites is 1. The summed E-state index contributed by atoms with van der Waals surface area (Å²) in [7, 11) is 0. The van der Waals surface area contributed by atoms with E-state index in [2.05, 4.69) is 18.9 Å². The van der Waals surface area contributed by atoms with E-state index in [-0.39, 0.29) is 6.61 Å². The van der Waals surface area contributed by atoms with E-state index >= 15 is 0 Å². The van der Waals surface area contributed by atoms with Crippen molar-refractivity contribution in [2.45, 2.75) is 26.5 Å². The highest BCUT2D eigenvalue weighted by Gasteiger charge is 2.09. The summed E-state index contributed by atoms with van der Waals surface area (Å²) in [4.78, 5) is 10.9. The van der Waals surface area contributed by atoms with E-state index in [1.165, 1.54) is 0 Å². The van der Waals surface area contributed by atoms with Gasteiger partial charge < -0.3 is 4.74 Å². The molecule has 100 valence electrons. The summed E-state index contributed by atoms with van der Waals surface area (Å²) in [5.74, 6) is 0.401. The Bertz CT molecular complexity index is 579. The van der Waals surface area contributed by atoms with Gasteiger partial charge in [-0.1, -0.05) is 17.7 Å². The van der Waals surface area contributed by atoms with Crippen LogP contribution in [0.1, 0.15) is 35.9 Å². The quantitative estimate of drug-likeness (QED) is 0.786. The standard InChI is InChI=1S/C14H15ClN2O2/c1-10(2)17-7-6-12(16-17)9-19-14-11(8-18)4-3-5-13(14)15/h3-8,10H,9H2,1-2H3. The number of rotatable bonds is 5. The van der Waals surface area contributed by atoms with Gasteiger partial charge in [-0.15, -0.1) is 0 Å². The number of aldehydes is 1. The first-order valence-corrected chi connectivity index (χ1v) is 6.40. The van der Waals surface area contributed by atoms with Crippen molar-refractivity contribution in [3.8, 4) is 5.75 Å². The van der Waals surface area contributed by atoms with E-state index in [4.69, 9.17) is 16.3 Å². The van der Waals surface area contributed by atoms with E-state index in [1.54, 1.807) is 18.2 Å². The van der Waals surface area contributed by atoms with Crippen molar-refractivity contribution in [2.24, 2.45) is 0 Å². The Hall–Kier alpha value is -1.81. The zero-order chi connectivity index (χ0) is 13.8. The molecule has 0 saturated heterocycles. The molecule has 5 heteroatoms. The first-order valence-electron chi connectivity index (χ1n) is 6.02. The fourth-order valence-corrected chi connectivity index (χ4v) is 1.90. The normalized spacial score (nSPS) is 10.7. The average molecular weight is 279 g/mol. The van der Waals surface area contributed by atoms with Crippen molar-refractivity contribution in [1.82, 2.24) is 9.78 Å². The van der Waals surface area contributed by atoms with E-state index in [0.717, 1.165) is 12.0 Å². The maximum atomic E-state index is 10.9. The Morgan fingerprint density at radius 1 is 1.42 bits per heavy atom. The zero-order valence-corrected chi connectivity index (χ0v) is 11.6. The number of carbonyl (C=O) groups excluding carboxylic acids is 1. The van der Waals surface area contributed by atoms with Crippen molar-refractivity contribution in [2.75, 3.05) is 0 Å². The molecule has 2 aromatic rings. The predicted octanol–water partition coefficient (Wildman–Crippen LogP) is 3.51. The lowest BCUT2D eigenvalue weighted by molar-refractivity contribution is 0.111. The molecule has 0 fully saturated rings. The predicted molar refractivity (Wildman–Crippen MR) is 73.8 cm³/mol. The van der Waals surface area contributed by atoms with Crippen LogP contribution in [0.3, 0.4) is 0 Å². The zero-order valence-electron chi connectivity index (χ0n) is 10.8. The Morgan fingerprint density at radius 2 is 2.21 bits per heavy atom. The first kappa shape index (κ1) is 13.6. The van der Waals surface area contributed by atoms with Gasteiger partial charge in [0.25, 0.3) is 0 Å². The number of nitrogens with zero attached hydrogens (tertiary/aromatic N) is 2. The molecule has 0 aliphatic rings. The van der Waals surface area contributed by atoms with Gasteiger partial charge in [-0.2, -0.15) is 5.10 Å². The van der Waals surface area contributed by atoms with Crippen LogP contribution < -0.4 is 4.74 Å². The summed E-state index contributed by atoms with van der Waals surface area (Å²) in [6.07, 6.45) is 2.63. The third kappa shape index (κ3) is 3.15. The van der Waals surface area contributed by atoms with Crippen molar-refractivity contribution in [1.29, 1.82) is 0 Å². The molecular weight excluding hydrogens is 264 g/mol. The van der Waals surface area contributed by atoms with E-state index in [1.807, 2.05) is 16.9 Å². The van der Waals surface area contributed by atoms with Crippen LogP contribution in [0, 0.1) is 0 Å². The lowest BCUT2D eigenvalue weighted by atomic mass is 10.2. The molecule has 0 spiro atoms. The fourth-order valence-electron chi connectivity index (χ4n) is 1.66. The molecule has 0 aliphatic heterocycles. The summed E-state index contributed by atoms with van der Waals surface area (Å²) in [5, 5.41) is 4.79. The molecule has 1 aromatic carbocycles. The van der Waals surface area contributed by atoms with Crippen LogP contribution in [0.5, 0.6) is 5.75 Å². The Morgan fingerprint density at radius 3 is 2.84 bits per heavy atom. The van der Waals surface area contributed by atoms with Crippen LogP contribution in [0.2, 0.25) is 5.02 Å². The van der Waals surface area contributed by atoms with Crippen LogP contribution in [-0.4, -0.2) is 16.1 Å². The second-order valence-corrected chi connectivity index (χ2v) is 4.85. The van der Waals surface area contributed by atoms with Crippen molar-refractivity contribution < 1.29 is 9.53 Å². The number of carbonyl (C=O) groups is 1. The van der Waals surface area contributed by atoms with E-state index in [0.29, 0.717) is 22.4 Å². The summed E-state index contributed by atoms with van der Waals surface area (Å²) in [6.45, 7) is 4.39. The topological polar surface area (TPSA) is 44.1 Å². The molecule has 0 N–H and O–H groups in total. The fraction of sp³-hybridized carbons (Fsp3) is 0.286. The van der Waals surface area contributed by atoms with Gasteiger partial charge in [0.1, 0.15) is 12.4 Å². The highest BCUT2D eigenvalue weighted by atomic mass is 35.5. The number of benzene rings is 1. The molecule has 4 nitrogen and oxygen atoms in total. The van der Waals surface area contributed by atoms with Gasteiger partial charge in [0, 0.05) is 12.2 Å². The Labute approximate surface area is 116 Å². The van der Waals surface area contributed by atoms with Crippen LogP contribution >= 0.6 is 11.6 Å². The molecule has 2 rings (SSSR count). The summed E-state index contributed by atoms with van der Waals surface area (Å²) in [6, 6.07) is 7.26. The highest BCUT2D eigenvalue weighted by Crippen LogP contribution is 2.28. The van der Waals surface area contributed by atoms with Crippen molar-refractivity contribution >= 4 is 17.9 Å². The second kappa shape index (κ2) is 5.89. The van der Waals surface area contributed by atoms with Crippen molar-refractivity contribution in [3.63, 3.8) is 0 Å². The number of hydrogen-bond donors (Lipinski definition) is 0. The maximum Gasteiger partial charge on any atom is 0.153 e. The van der Waals surface area contributed by atoms with Crippen LogP contribution in [0.15, 0.2) is 30.5 Å². The SMILES string of the molecule is CC(C)n1ccc(COc2c(Cl)cccc2C=O)n1. The van der Waals surface area contributed by atoms with Crippen LogP contribution in [0.4, 0.5) is 0 Å². The minimum Gasteiger partial charge on any atom is -0.485 e. The van der Waals surface area contributed by atoms with Gasteiger partial charge in [0.2, 0.25) is 0 Å². The molecule has 1 heterocycles. The maximum absolute atomic E-state index is 10.9. The number of aromatic nitrogens is 2. The minimum atomic E-state index is 0.282. The van der Waals surface area contributed by atoms with Gasteiger partial charge in [0.15, 0.2) is 6.29 Å². The van der Waals surface area contributed by atoms with E-state index < -0.39 is 0 Å².